The van der Waals surface area contributed by atoms with Crippen LogP contribution in [0.3, 0.4) is 0 Å². The van der Waals surface area contributed by atoms with Crippen LogP contribution in [0, 0.1) is 5.92 Å². The first kappa shape index (κ1) is 23.4. The monoisotopic (exact) mass is 480 g/mol. The summed E-state index contributed by atoms with van der Waals surface area (Å²) in [6.07, 6.45) is 5.05. The Kier molecular flexibility index (Phi) is 11.5. The number of rotatable bonds is 7. The first-order valence-corrected chi connectivity index (χ1v) is 9.73. The van der Waals surface area contributed by atoms with Crippen molar-refractivity contribution in [2.24, 2.45) is 16.6 Å². The Hall–Kier alpha value is -0.610. The maximum absolute atomic E-state index is 11.2. The highest BCUT2D eigenvalue weighted by molar-refractivity contribution is 14.0. The fraction of sp³-hybridized carbons (Fsp3) is 0.889. The Balaban J connectivity index is 0.00000338. The van der Waals surface area contributed by atoms with Gasteiger partial charge in [-0.05, 0) is 45.2 Å². The maximum Gasteiger partial charge on any atom is 0.217 e. The number of nitrogens with two attached hydrogens (primary N) is 1. The Bertz CT molecular complexity index is 439. The van der Waals surface area contributed by atoms with E-state index in [2.05, 4.69) is 32.1 Å². The van der Waals surface area contributed by atoms with E-state index in [9.17, 15) is 4.79 Å². The Labute approximate surface area is 175 Å². The number of likely N-dealkylation sites (N-methyl/N-ethyl adjacent to an activating group) is 1. The molecule has 7 nitrogen and oxygen atoms in total. The third-order valence-electron chi connectivity index (χ3n) is 5.30. The highest BCUT2D eigenvalue weighted by atomic mass is 127. The number of halogens is 1. The number of nitrogens with zero attached hydrogens (tertiary/aromatic N) is 4. The summed E-state index contributed by atoms with van der Waals surface area (Å²) in [5.41, 5.74) is 5.35. The second-order valence-electron chi connectivity index (χ2n) is 7.45. The van der Waals surface area contributed by atoms with Gasteiger partial charge in [-0.2, -0.15) is 0 Å². The van der Waals surface area contributed by atoms with Crippen LogP contribution in [0.25, 0.3) is 0 Å². The van der Waals surface area contributed by atoms with Gasteiger partial charge in [0.05, 0.1) is 0 Å². The van der Waals surface area contributed by atoms with Crippen molar-refractivity contribution in [1.29, 1.82) is 0 Å². The Morgan fingerprint density at radius 3 is 2.58 bits per heavy atom. The third-order valence-corrected chi connectivity index (χ3v) is 5.30. The number of carbonyl (C=O) groups is 1. The highest BCUT2D eigenvalue weighted by Gasteiger charge is 2.23. The largest absolute Gasteiger partial charge is 0.370 e. The molecular formula is C18H37IN6O. The standard InChI is InChI=1S/C18H36N6O.HI/c1-20-18(24-9-5-6-16(15-24)14-17(19)25)21-7-3-4-8-23-12-10-22(2)11-13-23;/h16H,3-15H2,1-2H3,(H2,19,25)(H,20,21);1H. The number of guanidine groups is 1. The predicted octanol–water partition coefficient (Wildman–Crippen LogP) is 0.795. The summed E-state index contributed by atoms with van der Waals surface area (Å²) < 4.78 is 0. The summed E-state index contributed by atoms with van der Waals surface area (Å²) in [6.45, 7) is 8.80. The fourth-order valence-corrected chi connectivity index (χ4v) is 3.77. The van der Waals surface area contributed by atoms with Crippen molar-refractivity contribution in [2.75, 3.05) is 66.5 Å². The highest BCUT2D eigenvalue weighted by Crippen LogP contribution is 2.19. The van der Waals surface area contributed by atoms with Crippen LogP contribution < -0.4 is 11.1 Å². The lowest BCUT2D eigenvalue weighted by atomic mass is 9.95. The van der Waals surface area contributed by atoms with E-state index < -0.39 is 0 Å². The number of primary amides is 1. The molecule has 0 radical (unpaired) electrons. The van der Waals surface area contributed by atoms with Gasteiger partial charge < -0.3 is 25.8 Å². The first-order valence-electron chi connectivity index (χ1n) is 9.73. The van der Waals surface area contributed by atoms with Crippen LogP contribution in [0.5, 0.6) is 0 Å². The molecule has 1 atom stereocenters. The SMILES string of the molecule is CN=C(NCCCCN1CCN(C)CC1)N1CCCC(CC(N)=O)C1.I. The fourth-order valence-electron chi connectivity index (χ4n) is 3.77. The minimum Gasteiger partial charge on any atom is -0.370 e. The van der Waals surface area contributed by atoms with E-state index in [0.717, 1.165) is 44.9 Å². The lowest BCUT2D eigenvalue weighted by Crippen LogP contribution is -2.47. The lowest BCUT2D eigenvalue weighted by Gasteiger charge is -2.34. The molecule has 0 spiro atoms. The average molecular weight is 480 g/mol. The van der Waals surface area contributed by atoms with Crippen LogP contribution >= 0.6 is 24.0 Å². The second-order valence-corrected chi connectivity index (χ2v) is 7.45. The molecule has 3 N–H and O–H groups in total. The van der Waals surface area contributed by atoms with E-state index in [0.29, 0.717) is 12.3 Å². The van der Waals surface area contributed by atoms with Crippen molar-refractivity contribution in [3.05, 3.63) is 0 Å². The van der Waals surface area contributed by atoms with Gasteiger partial charge >= 0.3 is 0 Å². The molecule has 8 heteroatoms. The van der Waals surface area contributed by atoms with E-state index in [1.54, 1.807) is 0 Å². The predicted molar refractivity (Wildman–Crippen MR) is 118 cm³/mol. The molecule has 2 aliphatic rings. The molecule has 0 aliphatic carbocycles. The number of likely N-dealkylation sites (tertiary alicyclic amines) is 1. The molecule has 2 rings (SSSR count). The number of hydrogen-bond donors (Lipinski definition) is 2. The topological polar surface area (TPSA) is 77.2 Å². The number of amides is 1. The zero-order valence-electron chi connectivity index (χ0n) is 16.5. The van der Waals surface area contributed by atoms with Gasteiger partial charge in [0.15, 0.2) is 5.96 Å². The van der Waals surface area contributed by atoms with Crippen LogP contribution in [0.15, 0.2) is 4.99 Å². The molecule has 2 heterocycles. The summed E-state index contributed by atoms with van der Waals surface area (Å²) >= 11 is 0. The molecule has 26 heavy (non-hydrogen) atoms. The van der Waals surface area contributed by atoms with E-state index in [1.165, 1.54) is 39.1 Å². The number of hydrogen-bond acceptors (Lipinski definition) is 4. The van der Waals surface area contributed by atoms with E-state index in [-0.39, 0.29) is 29.9 Å². The van der Waals surface area contributed by atoms with Gasteiger partial charge in [-0.25, -0.2) is 0 Å². The Morgan fingerprint density at radius 2 is 1.92 bits per heavy atom. The van der Waals surface area contributed by atoms with E-state index in [4.69, 9.17) is 5.73 Å². The van der Waals surface area contributed by atoms with Crippen molar-refractivity contribution < 1.29 is 4.79 Å². The van der Waals surface area contributed by atoms with Gasteiger partial charge in [0.2, 0.25) is 5.91 Å². The molecule has 0 saturated carbocycles. The number of piperazine rings is 1. The van der Waals surface area contributed by atoms with Gasteiger partial charge in [-0.3, -0.25) is 9.79 Å². The van der Waals surface area contributed by atoms with Crippen LogP contribution in [0.4, 0.5) is 0 Å². The van der Waals surface area contributed by atoms with Crippen molar-refractivity contribution in [3.63, 3.8) is 0 Å². The number of piperidine rings is 1. The number of nitrogens with one attached hydrogen (secondary N) is 1. The van der Waals surface area contributed by atoms with Crippen LogP contribution in [0.2, 0.25) is 0 Å². The van der Waals surface area contributed by atoms with E-state index in [1.807, 2.05) is 7.05 Å². The number of unbranched alkanes of at least 4 members (excludes halogenated alkanes) is 1. The zero-order chi connectivity index (χ0) is 18.1. The van der Waals surface area contributed by atoms with Gasteiger partial charge in [-0.15, -0.1) is 24.0 Å². The first-order chi connectivity index (χ1) is 12.1. The van der Waals surface area contributed by atoms with Crippen LogP contribution in [0.1, 0.15) is 32.1 Å². The molecule has 0 aromatic carbocycles. The summed E-state index contributed by atoms with van der Waals surface area (Å²) in [6, 6.07) is 0. The zero-order valence-corrected chi connectivity index (χ0v) is 18.8. The quantitative estimate of drug-likeness (QED) is 0.244. The van der Waals surface area contributed by atoms with Gasteiger partial charge in [-0.1, -0.05) is 0 Å². The maximum atomic E-state index is 11.2. The molecule has 1 amide bonds. The molecule has 152 valence electrons. The van der Waals surface area contributed by atoms with Crippen molar-refractivity contribution in [2.45, 2.75) is 32.1 Å². The van der Waals surface area contributed by atoms with Crippen molar-refractivity contribution >= 4 is 35.8 Å². The van der Waals surface area contributed by atoms with E-state index >= 15 is 0 Å². The molecule has 2 fully saturated rings. The van der Waals surface area contributed by atoms with Crippen LogP contribution in [-0.2, 0) is 4.79 Å². The molecular weight excluding hydrogens is 443 g/mol. The van der Waals surface area contributed by atoms with Crippen molar-refractivity contribution in [3.8, 4) is 0 Å². The summed E-state index contributed by atoms with van der Waals surface area (Å²) in [5.74, 6) is 1.13. The van der Waals surface area contributed by atoms with Gasteiger partial charge in [0.1, 0.15) is 0 Å². The molecule has 2 saturated heterocycles. The minimum atomic E-state index is -0.196. The third kappa shape index (κ3) is 8.39. The average Bonchev–Trinajstić information content (AvgIpc) is 2.59. The summed E-state index contributed by atoms with van der Waals surface area (Å²) in [4.78, 5) is 22.8. The smallest absolute Gasteiger partial charge is 0.217 e. The Morgan fingerprint density at radius 1 is 1.19 bits per heavy atom. The molecule has 1 unspecified atom stereocenters. The number of aliphatic imine (C=N–C) groups is 1. The molecule has 0 bridgehead atoms. The van der Waals surface area contributed by atoms with Crippen LogP contribution in [-0.4, -0.2) is 93.0 Å². The molecule has 0 aromatic heterocycles. The normalized spacial score (nSPS) is 22.8. The minimum absolute atomic E-state index is 0. The van der Waals surface area contributed by atoms with Gasteiger partial charge in [0.25, 0.3) is 0 Å². The molecule has 0 aromatic rings. The van der Waals surface area contributed by atoms with Crippen molar-refractivity contribution in [1.82, 2.24) is 20.0 Å². The number of carbonyl (C=O) groups excluding carboxylic acids is 1. The molecule has 2 aliphatic heterocycles. The van der Waals surface area contributed by atoms with Gasteiger partial charge in [0, 0.05) is 59.3 Å². The second kappa shape index (κ2) is 12.7. The lowest BCUT2D eigenvalue weighted by molar-refractivity contribution is -0.119. The summed E-state index contributed by atoms with van der Waals surface area (Å²) in [5, 5.41) is 3.49. The summed E-state index contributed by atoms with van der Waals surface area (Å²) in [7, 11) is 4.03.